The Morgan fingerprint density at radius 3 is 2.18 bits per heavy atom. The zero-order chi connectivity index (χ0) is 23.3. The summed E-state index contributed by atoms with van der Waals surface area (Å²) in [5, 5.41) is 2.65. The number of nitrogens with zero attached hydrogens (tertiary/aromatic N) is 1. The Balaban J connectivity index is 1.81. The summed E-state index contributed by atoms with van der Waals surface area (Å²) in [4.78, 5) is 12.3. The molecule has 164 valence electrons. The number of carbonyl (C=O) groups is 1. The van der Waals surface area contributed by atoms with Crippen LogP contribution in [0.3, 0.4) is 0 Å². The van der Waals surface area contributed by atoms with Crippen LogP contribution in [-0.4, -0.2) is 10.5 Å². The minimum absolute atomic E-state index is 0.413. The van der Waals surface area contributed by atoms with Gasteiger partial charge in [-0.05, 0) is 78.9 Å². The molecule has 4 heteroatoms. The highest BCUT2D eigenvalue weighted by atomic mass is 35.5. The van der Waals surface area contributed by atoms with Gasteiger partial charge in [0.15, 0.2) is 0 Å². The minimum Gasteiger partial charge on any atom is -0.366 e. The number of carbonyl (C=O) groups excluding carboxylic acids is 1. The number of hydrogen-bond donors (Lipinski definition) is 1. The van der Waals surface area contributed by atoms with Crippen molar-refractivity contribution in [1.82, 2.24) is 4.57 Å². The van der Waals surface area contributed by atoms with E-state index in [0.29, 0.717) is 17.1 Å². The highest BCUT2D eigenvalue weighted by molar-refractivity contribution is 6.30. The molecule has 4 aromatic carbocycles. The number of nitrogens with two attached hydrogens (primary N) is 1. The normalized spacial score (nSPS) is 11.4. The lowest BCUT2D eigenvalue weighted by atomic mass is 9.99. The molecule has 5 aromatic rings. The van der Waals surface area contributed by atoms with Crippen LogP contribution in [0.25, 0.3) is 32.9 Å². The molecule has 5 rings (SSSR count). The lowest BCUT2D eigenvalue weighted by molar-refractivity contribution is 0.100. The monoisotopic (exact) mass is 452 g/mol. The van der Waals surface area contributed by atoms with E-state index in [9.17, 15) is 4.79 Å². The molecule has 0 saturated heterocycles. The third-order valence-corrected chi connectivity index (χ3v) is 6.74. The molecule has 1 heterocycles. The fourth-order valence-corrected chi connectivity index (χ4v) is 5.09. The molecular formula is C29H25ClN2O. The van der Waals surface area contributed by atoms with Crippen molar-refractivity contribution < 1.29 is 4.79 Å². The second kappa shape index (κ2) is 8.09. The van der Waals surface area contributed by atoms with E-state index in [-0.39, 0.29) is 0 Å². The van der Waals surface area contributed by atoms with Gasteiger partial charge in [-0.2, -0.15) is 0 Å². The highest BCUT2D eigenvalue weighted by Crippen LogP contribution is 2.36. The molecule has 2 N–H and O–H groups in total. The standard InChI is InChI=1S/C29H25ClN2O/c1-17-13-18(2)25(19(3)14-17)16-32-26-6-4-5-24(29(31)33)28(26)23-12-9-21(15-27(23)32)20-7-10-22(30)11-8-20/h4-15H,16H2,1-3H3,(H2,31,33). The first-order valence-corrected chi connectivity index (χ1v) is 11.4. The molecule has 0 aliphatic heterocycles. The average Bonchev–Trinajstić information content (AvgIpc) is 3.09. The maximum atomic E-state index is 12.3. The van der Waals surface area contributed by atoms with E-state index in [1.807, 2.05) is 36.4 Å². The predicted octanol–water partition coefficient (Wildman–Crippen LogP) is 7.19. The largest absolute Gasteiger partial charge is 0.366 e. The lowest BCUT2D eigenvalue weighted by Gasteiger charge is -2.15. The van der Waals surface area contributed by atoms with E-state index in [4.69, 9.17) is 17.3 Å². The van der Waals surface area contributed by atoms with Gasteiger partial charge in [-0.3, -0.25) is 4.79 Å². The van der Waals surface area contributed by atoms with Gasteiger partial charge in [-0.15, -0.1) is 0 Å². The fourth-order valence-electron chi connectivity index (χ4n) is 4.96. The lowest BCUT2D eigenvalue weighted by Crippen LogP contribution is -2.11. The molecule has 0 atom stereocenters. The van der Waals surface area contributed by atoms with Gasteiger partial charge in [0, 0.05) is 27.9 Å². The fraction of sp³-hybridized carbons (Fsp3) is 0.138. The summed E-state index contributed by atoms with van der Waals surface area (Å²) in [6.45, 7) is 7.17. The van der Waals surface area contributed by atoms with Gasteiger partial charge in [-0.1, -0.05) is 59.6 Å². The van der Waals surface area contributed by atoms with Gasteiger partial charge in [0.1, 0.15) is 0 Å². The molecule has 0 aliphatic carbocycles. The quantitative estimate of drug-likeness (QED) is 0.308. The first-order valence-electron chi connectivity index (χ1n) is 11.0. The smallest absolute Gasteiger partial charge is 0.249 e. The van der Waals surface area contributed by atoms with Crippen LogP contribution in [0.5, 0.6) is 0 Å². The van der Waals surface area contributed by atoms with Gasteiger partial charge >= 0.3 is 0 Å². The second-order valence-electron chi connectivity index (χ2n) is 8.77. The van der Waals surface area contributed by atoms with Gasteiger partial charge in [0.05, 0.1) is 11.0 Å². The Morgan fingerprint density at radius 1 is 0.848 bits per heavy atom. The van der Waals surface area contributed by atoms with Crippen LogP contribution in [0, 0.1) is 20.8 Å². The summed E-state index contributed by atoms with van der Waals surface area (Å²) in [6.07, 6.45) is 0. The van der Waals surface area contributed by atoms with Crippen molar-refractivity contribution in [2.75, 3.05) is 0 Å². The summed E-state index contributed by atoms with van der Waals surface area (Å²) in [5.41, 5.74) is 15.7. The third kappa shape index (κ3) is 3.69. The zero-order valence-electron chi connectivity index (χ0n) is 18.9. The highest BCUT2D eigenvalue weighted by Gasteiger charge is 2.18. The average molecular weight is 453 g/mol. The summed E-state index contributed by atoms with van der Waals surface area (Å²) in [6, 6.07) is 24.5. The molecule has 0 saturated carbocycles. The first-order chi connectivity index (χ1) is 15.8. The maximum absolute atomic E-state index is 12.3. The number of primary amides is 1. The Hall–Kier alpha value is -3.56. The molecule has 33 heavy (non-hydrogen) atoms. The molecule has 1 amide bonds. The topological polar surface area (TPSA) is 48.0 Å². The van der Waals surface area contributed by atoms with E-state index in [2.05, 4.69) is 61.7 Å². The number of amides is 1. The molecule has 0 radical (unpaired) electrons. The summed E-state index contributed by atoms with van der Waals surface area (Å²) in [7, 11) is 0. The number of rotatable bonds is 4. The number of hydrogen-bond acceptors (Lipinski definition) is 1. The Bertz CT molecular complexity index is 1520. The Morgan fingerprint density at radius 2 is 1.52 bits per heavy atom. The van der Waals surface area contributed by atoms with Gasteiger partial charge < -0.3 is 10.3 Å². The third-order valence-electron chi connectivity index (χ3n) is 6.49. The number of aromatic nitrogens is 1. The summed E-state index contributed by atoms with van der Waals surface area (Å²) < 4.78 is 2.31. The van der Waals surface area contributed by atoms with Crippen molar-refractivity contribution in [3.63, 3.8) is 0 Å². The van der Waals surface area contributed by atoms with Crippen molar-refractivity contribution in [2.24, 2.45) is 5.73 Å². The van der Waals surface area contributed by atoms with Crippen LogP contribution in [0.4, 0.5) is 0 Å². The number of aryl methyl sites for hydroxylation is 3. The van der Waals surface area contributed by atoms with Crippen molar-refractivity contribution in [3.8, 4) is 11.1 Å². The van der Waals surface area contributed by atoms with Crippen molar-refractivity contribution in [2.45, 2.75) is 27.3 Å². The van der Waals surface area contributed by atoms with Crippen molar-refractivity contribution >= 4 is 39.3 Å². The molecule has 0 spiro atoms. The number of benzene rings is 4. The molecule has 0 unspecified atom stereocenters. The van der Waals surface area contributed by atoms with E-state index in [1.165, 1.54) is 22.3 Å². The van der Waals surface area contributed by atoms with E-state index in [0.717, 1.165) is 32.9 Å². The molecule has 0 fully saturated rings. The second-order valence-corrected chi connectivity index (χ2v) is 9.20. The van der Waals surface area contributed by atoms with Crippen LogP contribution < -0.4 is 5.73 Å². The molecule has 1 aromatic heterocycles. The van der Waals surface area contributed by atoms with E-state index < -0.39 is 5.91 Å². The van der Waals surface area contributed by atoms with Gasteiger partial charge in [-0.25, -0.2) is 0 Å². The van der Waals surface area contributed by atoms with Gasteiger partial charge in [0.25, 0.3) is 0 Å². The molecule has 0 bridgehead atoms. The van der Waals surface area contributed by atoms with Crippen LogP contribution in [0.1, 0.15) is 32.6 Å². The number of fused-ring (bicyclic) bond motifs is 3. The zero-order valence-corrected chi connectivity index (χ0v) is 19.7. The van der Waals surface area contributed by atoms with Crippen molar-refractivity contribution in [3.05, 3.63) is 106 Å². The summed E-state index contributed by atoms with van der Waals surface area (Å²) in [5.74, 6) is -0.413. The van der Waals surface area contributed by atoms with Crippen LogP contribution in [0.2, 0.25) is 5.02 Å². The van der Waals surface area contributed by atoms with Crippen molar-refractivity contribution in [1.29, 1.82) is 0 Å². The SMILES string of the molecule is Cc1cc(C)c(Cn2c3cc(-c4ccc(Cl)cc4)ccc3c3c(C(N)=O)cccc32)c(C)c1. The van der Waals surface area contributed by atoms with Gasteiger partial charge in [0.2, 0.25) is 5.91 Å². The Kier molecular flexibility index (Phi) is 5.22. The van der Waals surface area contributed by atoms with Crippen LogP contribution in [-0.2, 0) is 6.54 Å². The van der Waals surface area contributed by atoms with E-state index in [1.54, 1.807) is 0 Å². The first kappa shape index (κ1) is 21.3. The van der Waals surface area contributed by atoms with Crippen LogP contribution in [0.15, 0.2) is 72.8 Å². The van der Waals surface area contributed by atoms with Crippen LogP contribution >= 0.6 is 11.6 Å². The predicted molar refractivity (Wildman–Crippen MR) is 138 cm³/mol. The molecule has 3 nitrogen and oxygen atoms in total. The summed E-state index contributed by atoms with van der Waals surface area (Å²) >= 11 is 6.10. The molecule has 0 aliphatic rings. The molecular weight excluding hydrogens is 428 g/mol. The number of halogens is 1. The maximum Gasteiger partial charge on any atom is 0.249 e. The van der Waals surface area contributed by atoms with E-state index >= 15 is 0 Å². The minimum atomic E-state index is -0.413. The Labute approximate surface area is 198 Å².